The van der Waals surface area contributed by atoms with Crippen molar-refractivity contribution in [3.8, 4) is 17.6 Å². The first-order valence-electron chi connectivity index (χ1n) is 8.52. The predicted octanol–water partition coefficient (Wildman–Crippen LogP) is 3.80. The van der Waals surface area contributed by atoms with Crippen LogP contribution in [0.1, 0.15) is 18.4 Å². The first kappa shape index (κ1) is 17.8. The van der Waals surface area contributed by atoms with Crippen molar-refractivity contribution in [1.82, 2.24) is 4.98 Å². The molecule has 0 radical (unpaired) electrons. The van der Waals surface area contributed by atoms with Crippen LogP contribution in [0, 0.1) is 17.2 Å². The number of nitrogens with one attached hydrogen (secondary N) is 2. The van der Waals surface area contributed by atoms with Gasteiger partial charge in [0.25, 0.3) is 0 Å². The Kier molecular flexibility index (Phi) is 4.55. The zero-order valence-corrected chi connectivity index (χ0v) is 15.4. The van der Waals surface area contributed by atoms with Gasteiger partial charge >= 0.3 is 6.03 Å². The molecule has 0 saturated heterocycles. The summed E-state index contributed by atoms with van der Waals surface area (Å²) in [5.41, 5.74) is 6.55. The van der Waals surface area contributed by atoms with E-state index >= 15 is 0 Å². The average molecular weight is 393 g/mol. The quantitative estimate of drug-likeness (QED) is 0.607. The van der Waals surface area contributed by atoms with Crippen LogP contribution in [0.25, 0.3) is 10.2 Å². The Labute approximate surface area is 163 Å². The minimum atomic E-state index is -0.679. The topological polar surface area (TPSA) is 130 Å². The van der Waals surface area contributed by atoms with Gasteiger partial charge in [0.2, 0.25) is 5.91 Å². The van der Waals surface area contributed by atoms with E-state index in [1.54, 1.807) is 36.4 Å². The SMILES string of the molecule is N#Cc1c(Oc2cccc(NC(N)=O)c2)ccc2nc(NC(=O)C3CC3)sc12. The average Bonchev–Trinajstić information content (AvgIpc) is 3.42. The Bertz CT molecular complexity index is 1130. The van der Waals surface area contributed by atoms with Crippen molar-refractivity contribution in [1.29, 1.82) is 5.26 Å². The fourth-order valence-corrected chi connectivity index (χ4v) is 3.63. The van der Waals surface area contributed by atoms with E-state index in [2.05, 4.69) is 21.7 Å². The molecule has 1 aliphatic rings. The molecule has 3 amide bonds. The highest BCUT2D eigenvalue weighted by Crippen LogP contribution is 2.37. The molecule has 3 aromatic rings. The van der Waals surface area contributed by atoms with Crippen molar-refractivity contribution in [2.75, 3.05) is 10.6 Å². The second-order valence-corrected chi connectivity index (χ2v) is 7.30. The van der Waals surface area contributed by atoms with E-state index in [4.69, 9.17) is 10.5 Å². The van der Waals surface area contributed by atoms with Gasteiger partial charge in [0, 0.05) is 17.7 Å². The molecule has 0 unspecified atom stereocenters. The van der Waals surface area contributed by atoms with Crippen LogP contribution in [0.4, 0.5) is 15.6 Å². The smallest absolute Gasteiger partial charge is 0.316 e. The van der Waals surface area contributed by atoms with Gasteiger partial charge in [0.1, 0.15) is 23.1 Å². The molecule has 0 bridgehead atoms. The molecule has 0 aliphatic heterocycles. The number of carbonyl (C=O) groups is 2. The number of hydrogen-bond donors (Lipinski definition) is 3. The minimum absolute atomic E-state index is 0.0344. The van der Waals surface area contributed by atoms with E-state index in [1.807, 2.05) is 0 Å². The highest BCUT2D eigenvalue weighted by atomic mass is 32.1. The molecule has 4 N–H and O–H groups in total. The highest BCUT2D eigenvalue weighted by molar-refractivity contribution is 7.22. The van der Waals surface area contributed by atoms with E-state index in [1.165, 1.54) is 11.3 Å². The van der Waals surface area contributed by atoms with E-state index in [0.29, 0.717) is 38.1 Å². The van der Waals surface area contributed by atoms with Crippen LogP contribution < -0.4 is 21.1 Å². The maximum Gasteiger partial charge on any atom is 0.316 e. The Hall–Kier alpha value is -3.64. The van der Waals surface area contributed by atoms with Gasteiger partial charge < -0.3 is 21.1 Å². The Morgan fingerprint density at radius 3 is 2.79 bits per heavy atom. The first-order valence-corrected chi connectivity index (χ1v) is 9.34. The maximum absolute atomic E-state index is 11.9. The number of hydrogen-bond acceptors (Lipinski definition) is 6. The highest BCUT2D eigenvalue weighted by Gasteiger charge is 2.30. The lowest BCUT2D eigenvalue weighted by Gasteiger charge is -2.09. The van der Waals surface area contributed by atoms with Gasteiger partial charge in [-0.05, 0) is 37.1 Å². The van der Waals surface area contributed by atoms with Crippen molar-refractivity contribution >= 4 is 44.3 Å². The number of carbonyl (C=O) groups excluding carboxylic acids is 2. The molecular formula is C19H15N5O3S. The molecule has 0 spiro atoms. The van der Waals surface area contributed by atoms with E-state index in [9.17, 15) is 14.9 Å². The normalized spacial score (nSPS) is 13.0. The third-order valence-electron chi connectivity index (χ3n) is 4.14. The number of nitrogens with two attached hydrogens (primary N) is 1. The van der Waals surface area contributed by atoms with Crippen LogP contribution in [0.5, 0.6) is 11.5 Å². The van der Waals surface area contributed by atoms with E-state index < -0.39 is 6.03 Å². The molecule has 1 fully saturated rings. The van der Waals surface area contributed by atoms with Crippen LogP contribution in [-0.2, 0) is 4.79 Å². The van der Waals surface area contributed by atoms with Gasteiger partial charge in [-0.25, -0.2) is 9.78 Å². The Morgan fingerprint density at radius 2 is 2.07 bits per heavy atom. The number of thiazole rings is 1. The molecule has 4 rings (SSSR count). The van der Waals surface area contributed by atoms with Gasteiger partial charge in [-0.1, -0.05) is 17.4 Å². The molecule has 1 saturated carbocycles. The number of amides is 3. The standard InChI is InChI=1S/C19H15N5O3S/c20-9-13-15(27-12-3-1-2-11(8-12)22-18(21)26)7-6-14-16(13)28-19(23-14)24-17(25)10-4-5-10/h1-3,6-8,10H,4-5H2,(H3,21,22,26)(H,23,24,25). The minimum Gasteiger partial charge on any atom is -0.456 e. The zero-order valence-electron chi connectivity index (χ0n) is 14.6. The Balaban J connectivity index is 1.63. The fourth-order valence-electron chi connectivity index (χ4n) is 2.68. The van der Waals surface area contributed by atoms with Crippen LogP contribution in [-0.4, -0.2) is 16.9 Å². The third-order valence-corrected chi connectivity index (χ3v) is 5.14. The van der Waals surface area contributed by atoms with Crippen LogP contribution >= 0.6 is 11.3 Å². The predicted molar refractivity (Wildman–Crippen MR) is 105 cm³/mol. The summed E-state index contributed by atoms with van der Waals surface area (Å²) in [6.45, 7) is 0. The van der Waals surface area contributed by atoms with Gasteiger partial charge in [-0.15, -0.1) is 0 Å². The van der Waals surface area contributed by atoms with Crippen molar-refractivity contribution in [3.63, 3.8) is 0 Å². The number of rotatable bonds is 5. The van der Waals surface area contributed by atoms with Gasteiger partial charge in [-0.2, -0.15) is 5.26 Å². The van der Waals surface area contributed by atoms with Crippen LogP contribution in [0.3, 0.4) is 0 Å². The number of primary amides is 1. The van der Waals surface area contributed by atoms with E-state index in [0.717, 1.165) is 12.8 Å². The van der Waals surface area contributed by atoms with Gasteiger partial charge in [0.05, 0.1) is 10.2 Å². The van der Waals surface area contributed by atoms with Crippen molar-refractivity contribution in [3.05, 3.63) is 42.0 Å². The summed E-state index contributed by atoms with van der Waals surface area (Å²) in [7, 11) is 0. The third kappa shape index (κ3) is 3.72. The summed E-state index contributed by atoms with van der Waals surface area (Å²) in [5, 5.41) is 15.4. The number of aromatic nitrogens is 1. The number of nitrogens with zero attached hydrogens (tertiary/aromatic N) is 2. The summed E-state index contributed by atoms with van der Waals surface area (Å²) in [6, 6.07) is 11.5. The van der Waals surface area contributed by atoms with Crippen LogP contribution in [0.2, 0.25) is 0 Å². The number of anilines is 2. The summed E-state index contributed by atoms with van der Waals surface area (Å²) in [6.07, 6.45) is 1.81. The Morgan fingerprint density at radius 1 is 1.25 bits per heavy atom. The second kappa shape index (κ2) is 7.17. The lowest BCUT2D eigenvalue weighted by atomic mass is 10.2. The first-order chi connectivity index (χ1) is 13.5. The lowest BCUT2D eigenvalue weighted by Crippen LogP contribution is -2.19. The molecule has 8 nitrogen and oxygen atoms in total. The van der Waals surface area contributed by atoms with Crippen molar-refractivity contribution in [2.24, 2.45) is 11.7 Å². The molecule has 1 heterocycles. The summed E-state index contributed by atoms with van der Waals surface area (Å²) in [5.74, 6) is 0.833. The number of ether oxygens (including phenoxy) is 1. The molecule has 1 aliphatic carbocycles. The van der Waals surface area contributed by atoms with Crippen molar-refractivity contribution in [2.45, 2.75) is 12.8 Å². The molecule has 2 aromatic carbocycles. The lowest BCUT2D eigenvalue weighted by molar-refractivity contribution is -0.117. The molecule has 140 valence electrons. The summed E-state index contributed by atoms with van der Waals surface area (Å²) >= 11 is 1.24. The summed E-state index contributed by atoms with van der Waals surface area (Å²) < 4.78 is 6.48. The van der Waals surface area contributed by atoms with Gasteiger partial charge in [-0.3, -0.25) is 4.79 Å². The summed E-state index contributed by atoms with van der Waals surface area (Å²) in [4.78, 5) is 27.3. The van der Waals surface area contributed by atoms with Gasteiger partial charge in [0.15, 0.2) is 5.13 Å². The largest absolute Gasteiger partial charge is 0.456 e. The second-order valence-electron chi connectivity index (χ2n) is 6.30. The molecule has 0 atom stereocenters. The number of urea groups is 1. The number of benzene rings is 2. The molecular weight excluding hydrogens is 378 g/mol. The monoisotopic (exact) mass is 393 g/mol. The maximum atomic E-state index is 11.9. The number of nitriles is 1. The van der Waals surface area contributed by atoms with E-state index in [-0.39, 0.29) is 11.8 Å². The molecule has 1 aromatic heterocycles. The van der Waals surface area contributed by atoms with Crippen LogP contribution in [0.15, 0.2) is 36.4 Å². The zero-order chi connectivity index (χ0) is 19.7. The molecule has 9 heteroatoms. The fraction of sp³-hybridized carbons (Fsp3) is 0.158. The number of fused-ring (bicyclic) bond motifs is 1. The van der Waals surface area contributed by atoms with Crippen molar-refractivity contribution < 1.29 is 14.3 Å². The molecule has 28 heavy (non-hydrogen) atoms.